The molecule has 0 aliphatic heterocycles. The molecule has 7 heteroatoms. The van der Waals surface area contributed by atoms with Crippen molar-refractivity contribution in [3.8, 4) is 0 Å². The molecule has 0 bridgehead atoms. The summed E-state index contributed by atoms with van der Waals surface area (Å²) >= 11 is 0. The van der Waals surface area contributed by atoms with E-state index in [1.165, 1.54) is 14.1 Å². The molecule has 0 aromatic carbocycles. The minimum absolute atomic E-state index is 0. The number of rotatable bonds is 7. The Bertz CT molecular complexity index is 244. The van der Waals surface area contributed by atoms with Crippen LogP contribution in [-0.4, -0.2) is 39.4 Å². The molecular formula is C8H22ClN3O2S. The van der Waals surface area contributed by atoms with Crippen molar-refractivity contribution in [2.75, 3.05) is 20.6 Å². The van der Waals surface area contributed by atoms with Crippen LogP contribution in [0.15, 0.2) is 0 Å². The van der Waals surface area contributed by atoms with E-state index in [4.69, 9.17) is 5.73 Å². The Hall–Kier alpha value is 0.120. The van der Waals surface area contributed by atoms with E-state index in [0.717, 1.165) is 23.6 Å². The first-order valence-corrected chi connectivity index (χ1v) is 6.28. The molecule has 0 amide bonds. The van der Waals surface area contributed by atoms with Crippen molar-refractivity contribution >= 4 is 22.6 Å². The van der Waals surface area contributed by atoms with Gasteiger partial charge < -0.3 is 5.73 Å². The monoisotopic (exact) mass is 259 g/mol. The highest BCUT2D eigenvalue weighted by molar-refractivity contribution is 7.87. The molecule has 0 saturated carbocycles. The van der Waals surface area contributed by atoms with Gasteiger partial charge >= 0.3 is 0 Å². The van der Waals surface area contributed by atoms with Crippen molar-refractivity contribution in [3.63, 3.8) is 0 Å². The van der Waals surface area contributed by atoms with Crippen LogP contribution in [0.1, 0.15) is 26.2 Å². The molecule has 1 unspecified atom stereocenters. The van der Waals surface area contributed by atoms with E-state index in [1.807, 2.05) is 0 Å². The van der Waals surface area contributed by atoms with Gasteiger partial charge in [0.05, 0.1) is 0 Å². The maximum atomic E-state index is 11.4. The Balaban J connectivity index is 0. The minimum Gasteiger partial charge on any atom is -0.329 e. The third-order valence-electron chi connectivity index (χ3n) is 1.99. The fourth-order valence-electron chi connectivity index (χ4n) is 0.991. The van der Waals surface area contributed by atoms with Crippen LogP contribution in [0, 0.1) is 0 Å². The molecule has 0 saturated heterocycles. The van der Waals surface area contributed by atoms with Crippen molar-refractivity contribution in [2.45, 2.75) is 32.2 Å². The first-order chi connectivity index (χ1) is 6.44. The number of nitrogens with one attached hydrogen (secondary N) is 1. The Morgan fingerprint density at radius 2 is 1.93 bits per heavy atom. The van der Waals surface area contributed by atoms with E-state index in [1.54, 1.807) is 0 Å². The SMILES string of the molecule is CCCCC(CN)NS(=O)(=O)N(C)C.Cl. The van der Waals surface area contributed by atoms with Gasteiger partial charge in [0.1, 0.15) is 0 Å². The number of halogens is 1. The summed E-state index contributed by atoms with van der Waals surface area (Å²) in [7, 11) is -0.345. The summed E-state index contributed by atoms with van der Waals surface area (Å²) in [6, 6.07) is -0.151. The highest BCUT2D eigenvalue weighted by atomic mass is 35.5. The average Bonchev–Trinajstić information content (AvgIpc) is 2.11. The number of nitrogens with two attached hydrogens (primary N) is 1. The van der Waals surface area contributed by atoms with Crippen molar-refractivity contribution in [1.29, 1.82) is 0 Å². The maximum Gasteiger partial charge on any atom is 0.279 e. The van der Waals surface area contributed by atoms with Crippen LogP contribution >= 0.6 is 12.4 Å². The zero-order chi connectivity index (χ0) is 11.2. The zero-order valence-corrected chi connectivity index (χ0v) is 11.2. The van der Waals surface area contributed by atoms with E-state index in [9.17, 15) is 8.42 Å². The number of nitrogens with zero attached hydrogens (tertiary/aromatic N) is 1. The van der Waals surface area contributed by atoms with Crippen molar-refractivity contribution in [3.05, 3.63) is 0 Å². The first-order valence-electron chi connectivity index (χ1n) is 4.83. The lowest BCUT2D eigenvalue weighted by molar-refractivity contribution is 0.471. The molecule has 1 atom stereocenters. The van der Waals surface area contributed by atoms with Gasteiger partial charge in [0.2, 0.25) is 0 Å². The molecule has 0 spiro atoms. The minimum atomic E-state index is -3.34. The lowest BCUT2D eigenvalue weighted by atomic mass is 10.1. The van der Waals surface area contributed by atoms with Crippen molar-refractivity contribution < 1.29 is 8.42 Å². The number of unbranched alkanes of at least 4 members (excludes halogenated alkanes) is 1. The topological polar surface area (TPSA) is 75.4 Å². The lowest BCUT2D eigenvalue weighted by Gasteiger charge is -2.19. The smallest absolute Gasteiger partial charge is 0.279 e. The second-order valence-corrected chi connectivity index (χ2v) is 5.40. The molecule has 0 heterocycles. The molecule has 15 heavy (non-hydrogen) atoms. The molecule has 3 N–H and O–H groups in total. The molecule has 0 rings (SSSR count). The fraction of sp³-hybridized carbons (Fsp3) is 1.00. The molecule has 5 nitrogen and oxygen atoms in total. The zero-order valence-electron chi connectivity index (χ0n) is 9.56. The Labute approximate surface area is 99.0 Å². The standard InChI is InChI=1S/C8H21N3O2S.ClH/c1-4-5-6-8(7-9)10-14(12,13)11(2)3;/h8,10H,4-7,9H2,1-3H3;1H. The summed E-state index contributed by atoms with van der Waals surface area (Å²) in [5, 5.41) is 0. The maximum absolute atomic E-state index is 11.4. The van der Waals surface area contributed by atoms with E-state index in [0.29, 0.717) is 6.54 Å². The van der Waals surface area contributed by atoms with Crippen LogP contribution < -0.4 is 10.5 Å². The van der Waals surface area contributed by atoms with Crippen molar-refractivity contribution in [1.82, 2.24) is 9.03 Å². The molecule has 0 aromatic heterocycles. The third kappa shape index (κ3) is 7.08. The Morgan fingerprint density at radius 1 is 1.40 bits per heavy atom. The van der Waals surface area contributed by atoms with Crippen molar-refractivity contribution in [2.24, 2.45) is 5.73 Å². The summed E-state index contributed by atoms with van der Waals surface area (Å²) in [6.45, 7) is 2.40. The number of hydrogen-bond acceptors (Lipinski definition) is 3. The second kappa shape index (κ2) is 8.29. The molecule has 0 fully saturated rings. The van der Waals surface area contributed by atoms with Gasteiger partial charge in [0.15, 0.2) is 0 Å². The lowest BCUT2D eigenvalue weighted by Crippen LogP contribution is -2.45. The third-order valence-corrected chi connectivity index (χ3v) is 3.58. The summed E-state index contributed by atoms with van der Waals surface area (Å²) in [4.78, 5) is 0. The van der Waals surface area contributed by atoms with Gasteiger partial charge in [-0.15, -0.1) is 12.4 Å². The predicted molar refractivity (Wildman–Crippen MR) is 65.4 cm³/mol. The molecule has 94 valence electrons. The van der Waals surface area contributed by atoms with Crippen LogP contribution in [0.4, 0.5) is 0 Å². The van der Waals surface area contributed by atoms with Crippen LogP contribution in [0.25, 0.3) is 0 Å². The van der Waals surface area contributed by atoms with E-state index < -0.39 is 10.2 Å². The number of hydrogen-bond donors (Lipinski definition) is 2. The molecule has 0 aliphatic rings. The van der Waals surface area contributed by atoms with Crippen LogP contribution in [0.3, 0.4) is 0 Å². The van der Waals surface area contributed by atoms with Gasteiger partial charge in [-0.05, 0) is 6.42 Å². The molecule has 0 aliphatic carbocycles. The Kier molecular flexibility index (Phi) is 9.68. The summed E-state index contributed by atoms with van der Waals surface area (Å²) < 4.78 is 26.5. The normalized spacial score (nSPS) is 13.7. The van der Waals surface area contributed by atoms with Gasteiger partial charge in [-0.3, -0.25) is 0 Å². The van der Waals surface area contributed by atoms with Gasteiger partial charge in [-0.25, -0.2) is 0 Å². The summed E-state index contributed by atoms with van der Waals surface area (Å²) in [5.74, 6) is 0. The Morgan fingerprint density at radius 3 is 2.27 bits per heavy atom. The summed E-state index contributed by atoms with van der Waals surface area (Å²) in [6.07, 6.45) is 2.82. The summed E-state index contributed by atoms with van der Waals surface area (Å²) in [5.41, 5.74) is 5.48. The van der Waals surface area contributed by atoms with Gasteiger partial charge in [0, 0.05) is 26.7 Å². The predicted octanol–water partition coefficient (Wildman–Crippen LogP) is 0.322. The van der Waals surface area contributed by atoms with Gasteiger partial charge in [-0.1, -0.05) is 19.8 Å². The fourth-order valence-corrected chi connectivity index (χ4v) is 1.84. The highest BCUT2D eigenvalue weighted by Crippen LogP contribution is 2.01. The quantitative estimate of drug-likeness (QED) is 0.692. The van der Waals surface area contributed by atoms with E-state index in [2.05, 4.69) is 11.6 Å². The highest BCUT2D eigenvalue weighted by Gasteiger charge is 2.17. The largest absolute Gasteiger partial charge is 0.329 e. The van der Waals surface area contributed by atoms with Gasteiger partial charge in [0.25, 0.3) is 10.2 Å². The average molecular weight is 260 g/mol. The first kappa shape index (κ1) is 17.5. The second-order valence-electron chi connectivity index (χ2n) is 3.48. The van der Waals surface area contributed by atoms with Crippen LogP contribution in [0.5, 0.6) is 0 Å². The molecular weight excluding hydrogens is 238 g/mol. The van der Waals surface area contributed by atoms with Crippen LogP contribution in [0.2, 0.25) is 0 Å². The molecule has 0 radical (unpaired) electrons. The van der Waals surface area contributed by atoms with E-state index >= 15 is 0 Å². The van der Waals surface area contributed by atoms with E-state index in [-0.39, 0.29) is 18.4 Å². The molecule has 0 aromatic rings. The van der Waals surface area contributed by atoms with Gasteiger partial charge in [-0.2, -0.15) is 17.4 Å². The van der Waals surface area contributed by atoms with Crippen LogP contribution in [-0.2, 0) is 10.2 Å².